The lowest BCUT2D eigenvalue weighted by atomic mass is 9.49. The van der Waals surface area contributed by atoms with Gasteiger partial charge in [0.2, 0.25) is 5.91 Å². The van der Waals surface area contributed by atoms with Crippen LogP contribution in [0.1, 0.15) is 50.5 Å². The molecule has 5 fully saturated rings. The maximum atomic E-state index is 13.0. The fraction of sp³-hybridized carbons (Fsp3) is 0.619. The van der Waals surface area contributed by atoms with Crippen molar-refractivity contribution in [3.63, 3.8) is 0 Å². The smallest absolute Gasteiger partial charge is 0.246 e. The van der Waals surface area contributed by atoms with Gasteiger partial charge >= 0.3 is 0 Å². The molecule has 5 saturated carbocycles. The van der Waals surface area contributed by atoms with Crippen molar-refractivity contribution < 1.29 is 4.79 Å². The van der Waals surface area contributed by atoms with E-state index in [4.69, 9.17) is 23.2 Å². The number of nitrogens with zero attached hydrogens (tertiary/aromatic N) is 1. The molecule has 0 unspecified atom stereocenters. The van der Waals surface area contributed by atoms with Crippen LogP contribution in [0.5, 0.6) is 0 Å². The summed E-state index contributed by atoms with van der Waals surface area (Å²) < 4.78 is -0.858. The summed E-state index contributed by atoms with van der Waals surface area (Å²) in [5, 5.41) is 4.34. The average molecular weight is 391 g/mol. The summed E-state index contributed by atoms with van der Waals surface area (Å²) in [7, 11) is 0. The van der Waals surface area contributed by atoms with E-state index in [1.54, 1.807) is 6.21 Å². The molecule has 4 bridgehead atoms. The van der Waals surface area contributed by atoms with Gasteiger partial charge in [0, 0.05) is 6.21 Å². The highest BCUT2D eigenvalue weighted by Crippen LogP contribution is 2.64. The van der Waals surface area contributed by atoms with Gasteiger partial charge in [-0.3, -0.25) is 4.79 Å². The third kappa shape index (κ3) is 2.54. The highest BCUT2D eigenvalue weighted by atomic mass is 35.5. The predicted molar refractivity (Wildman–Crippen MR) is 104 cm³/mol. The lowest BCUT2D eigenvalue weighted by Crippen LogP contribution is -2.52. The van der Waals surface area contributed by atoms with Crippen molar-refractivity contribution in [1.82, 2.24) is 5.43 Å². The lowest BCUT2D eigenvalue weighted by molar-refractivity contribution is -0.146. The van der Waals surface area contributed by atoms with Gasteiger partial charge in [-0.1, -0.05) is 30.3 Å². The zero-order valence-corrected chi connectivity index (χ0v) is 16.3. The number of nitrogens with one attached hydrogen (secondary N) is 1. The average Bonchev–Trinajstić information content (AvgIpc) is 3.16. The van der Waals surface area contributed by atoms with Crippen molar-refractivity contribution in [1.29, 1.82) is 0 Å². The number of carbonyl (C=O) groups excluding carboxylic acids is 1. The molecule has 0 aliphatic heterocycles. The Kier molecular flexibility index (Phi) is 3.75. The van der Waals surface area contributed by atoms with Gasteiger partial charge in [-0.25, -0.2) is 5.43 Å². The van der Waals surface area contributed by atoms with Gasteiger partial charge in [0.15, 0.2) is 0 Å². The van der Waals surface area contributed by atoms with E-state index in [0.717, 1.165) is 42.6 Å². The number of carbonyl (C=O) groups is 1. The minimum absolute atomic E-state index is 0.103. The minimum Gasteiger partial charge on any atom is -0.273 e. The summed E-state index contributed by atoms with van der Waals surface area (Å²) in [6.45, 7) is 0. The van der Waals surface area contributed by atoms with Crippen LogP contribution in [0, 0.1) is 23.2 Å². The number of hydrogen-bond acceptors (Lipinski definition) is 2. The second-order valence-electron chi connectivity index (χ2n) is 9.12. The first-order chi connectivity index (χ1) is 12.4. The number of rotatable bonds is 4. The maximum absolute atomic E-state index is 13.0. The van der Waals surface area contributed by atoms with E-state index in [0.29, 0.717) is 6.42 Å². The van der Waals surface area contributed by atoms with Gasteiger partial charge in [-0.05, 0) is 68.3 Å². The molecule has 1 atom stereocenters. The van der Waals surface area contributed by atoms with Crippen LogP contribution in [0.25, 0.3) is 0 Å². The molecule has 1 amide bonds. The zero-order chi connectivity index (χ0) is 18.0. The lowest BCUT2D eigenvalue weighted by Gasteiger charge is -2.55. The van der Waals surface area contributed by atoms with E-state index in [1.807, 2.05) is 30.3 Å². The summed E-state index contributed by atoms with van der Waals surface area (Å²) >= 11 is 12.9. The first kappa shape index (κ1) is 17.1. The Morgan fingerprint density at radius 2 is 1.58 bits per heavy atom. The second-order valence-corrected chi connectivity index (χ2v) is 10.6. The number of amides is 1. The Labute approximate surface area is 164 Å². The van der Waals surface area contributed by atoms with Gasteiger partial charge in [0.05, 0.1) is 10.8 Å². The summed E-state index contributed by atoms with van der Waals surface area (Å²) in [5.41, 5.74) is 3.20. The van der Waals surface area contributed by atoms with Crippen LogP contribution in [0.4, 0.5) is 0 Å². The Hall–Kier alpha value is -1.06. The van der Waals surface area contributed by atoms with Crippen molar-refractivity contribution >= 4 is 35.3 Å². The molecule has 1 aromatic rings. The Balaban J connectivity index is 1.32. The van der Waals surface area contributed by atoms with Crippen LogP contribution in [0.15, 0.2) is 35.4 Å². The van der Waals surface area contributed by atoms with E-state index >= 15 is 0 Å². The second kappa shape index (κ2) is 5.72. The molecular formula is C21H24Cl2N2O. The maximum Gasteiger partial charge on any atom is 0.246 e. The Bertz CT molecular complexity index is 725. The minimum atomic E-state index is -0.858. The van der Waals surface area contributed by atoms with Crippen LogP contribution in [-0.4, -0.2) is 16.5 Å². The van der Waals surface area contributed by atoms with E-state index in [1.165, 1.54) is 19.3 Å². The van der Waals surface area contributed by atoms with Gasteiger partial charge in [0.1, 0.15) is 4.33 Å². The summed E-state index contributed by atoms with van der Waals surface area (Å²) in [4.78, 5) is 13.0. The number of alkyl halides is 2. The standard InChI is InChI=1S/C21H24Cl2N2O/c22-21(23)12-20(21,17-4-2-1-3-5-17)13-24-25-18(26)19-9-14-6-15(10-19)8-16(7-14)11-19/h1-5,13-16H,6-12H2,(H,25,26)/b24-13-/t14?,15?,16?,19?,20-/m0/s1. The highest BCUT2D eigenvalue weighted by Gasteiger charge is 2.66. The Morgan fingerprint density at radius 3 is 2.08 bits per heavy atom. The third-order valence-corrected chi connectivity index (χ3v) is 8.23. The first-order valence-corrected chi connectivity index (χ1v) is 10.5. The number of halogens is 2. The van der Waals surface area contributed by atoms with Gasteiger partial charge in [-0.2, -0.15) is 5.10 Å². The molecule has 0 spiro atoms. The summed E-state index contributed by atoms with van der Waals surface area (Å²) in [5.74, 6) is 2.33. The Morgan fingerprint density at radius 1 is 1.04 bits per heavy atom. The normalized spacial score (nSPS) is 42.2. The van der Waals surface area contributed by atoms with Crippen LogP contribution in [0.3, 0.4) is 0 Å². The van der Waals surface area contributed by atoms with Crippen LogP contribution in [0.2, 0.25) is 0 Å². The zero-order valence-electron chi connectivity index (χ0n) is 14.8. The van der Waals surface area contributed by atoms with Gasteiger partial charge < -0.3 is 0 Å². The van der Waals surface area contributed by atoms with Gasteiger partial charge in [-0.15, -0.1) is 23.2 Å². The SMILES string of the molecule is O=C(N/N=C\[C@]1(c2ccccc2)CC1(Cl)Cl)C12CC3CC(CC(C3)C1)C2. The molecule has 1 N–H and O–H groups in total. The van der Waals surface area contributed by atoms with E-state index in [-0.39, 0.29) is 11.3 Å². The van der Waals surface area contributed by atoms with Crippen molar-refractivity contribution in [3.8, 4) is 0 Å². The fourth-order valence-electron chi connectivity index (χ4n) is 6.28. The molecule has 0 heterocycles. The largest absolute Gasteiger partial charge is 0.273 e. The van der Waals surface area contributed by atoms with Crippen molar-refractivity contribution in [2.45, 2.75) is 54.7 Å². The van der Waals surface area contributed by atoms with Crippen molar-refractivity contribution in [3.05, 3.63) is 35.9 Å². The number of benzene rings is 1. The third-order valence-electron chi connectivity index (χ3n) is 7.29. The molecule has 0 saturated heterocycles. The molecule has 3 nitrogen and oxygen atoms in total. The molecule has 6 rings (SSSR count). The predicted octanol–water partition coefficient (Wildman–Crippen LogP) is 4.82. The summed E-state index contributed by atoms with van der Waals surface area (Å²) in [6.07, 6.45) is 9.47. The summed E-state index contributed by atoms with van der Waals surface area (Å²) in [6, 6.07) is 9.94. The van der Waals surface area contributed by atoms with Crippen LogP contribution < -0.4 is 5.43 Å². The molecular weight excluding hydrogens is 367 g/mol. The van der Waals surface area contributed by atoms with E-state index < -0.39 is 9.75 Å². The van der Waals surface area contributed by atoms with Gasteiger partial charge in [0.25, 0.3) is 0 Å². The van der Waals surface area contributed by atoms with Crippen molar-refractivity contribution in [2.75, 3.05) is 0 Å². The molecule has 26 heavy (non-hydrogen) atoms. The van der Waals surface area contributed by atoms with Crippen LogP contribution in [-0.2, 0) is 10.2 Å². The molecule has 0 radical (unpaired) electrons. The molecule has 138 valence electrons. The van der Waals surface area contributed by atoms with E-state index in [2.05, 4.69) is 10.5 Å². The molecule has 5 heteroatoms. The monoisotopic (exact) mass is 390 g/mol. The quantitative estimate of drug-likeness (QED) is 0.446. The van der Waals surface area contributed by atoms with Crippen LogP contribution >= 0.6 is 23.2 Å². The van der Waals surface area contributed by atoms with E-state index in [9.17, 15) is 4.79 Å². The topological polar surface area (TPSA) is 41.5 Å². The molecule has 1 aromatic carbocycles. The highest BCUT2D eigenvalue weighted by molar-refractivity contribution is 6.53. The first-order valence-electron chi connectivity index (χ1n) is 9.71. The molecule has 0 aromatic heterocycles. The molecule has 5 aliphatic rings. The number of hydrazone groups is 1. The fourth-order valence-corrected chi connectivity index (χ4v) is 7.02. The molecule has 5 aliphatic carbocycles. The van der Waals surface area contributed by atoms with Crippen molar-refractivity contribution in [2.24, 2.45) is 28.3 Å². The number of hydrogen-bond donors (Lipinski definition) is 1.